The van der Waals surface area contributed by atoms with Crippen LogP contribution in [0.2, 0.25) is 0 Å². The Hall–Kier alpha value is -5.32. The number of aromatic nitrogens is 4. The summed E-state index contributed by atoms with van der Waals surface area (Å²) in [6.07, 6.45) is 3.14. The molecule has 1 atom stereocenters. The van der Waals surface area contributed by atoms with Gasteiger partial charge in [0.1, 0.15) is 23.6 Å². The highest BCUT2D eigenvalue weighted by atomic mass is 16.6. The van der Waals surface area contributed by atoms with E-state index in [1.54, 1.807) is 44.2 Å². The van der Waals surface area contributed by atoms with Crippen molar-refractivity contribution < 1.29 is 28.9 Å². The fourth-order valence-electron chi connectivity index (χ4n) is 4.67. The Morgan fingerprint density at radius 3 is 2.58 bits per heavy atom. The quantitative estimate of drug-likeness (QED) is 0.217. The van der Waals surface area contributed by atoms with Gasteiger partial charge in [-0.2, -0.15) is 0 Å². The molecule has 0 saturated heterocycles. The van der Waals surface area contributed by atoms with Crippen molar-refractivity contribution in [2.24, 2.45) is 5.16 Å². The molecule has 1 aliphatic rings. The number of fused-ring (bicyclic) bond motifs is 4. The van der Waals surface area contributed by atoms with Crippen LogP contribution in [0.25, 0.3) is 5.65 Å². The summed E-state index contributed by atoms with van der Waals surface area (Å²) in [7, 11) is 4.80. The molecule has 0 saturated carbocycles. The van der Waals surface area contributed by atoms with Crippen LogP contribution in [0.4, 0.5) is 0 Å². The number of phenolic OH excluding ortho intramolecular Hbond substituents is 1. The van der Waals surface area contributed by atoms with Crippen molar-refractivity contribution in [3.05, 3.63) is 95.1 Å². The van der Waals surface area contributed by atoms with Gasteiger partial charge in [-0.05, 0) is 53.6 Å². The molecule has 0 aliphatic carbocycles. The van der Waals surface area contributed by atoms with Crippen LogP contribution in [0.15, 0.2) is 72.1 Å². The highest BCUT2D eigenvalue weighted by molar-refractivity contribution is 5.79. The van der Waals surface area contributed by atoms with Crippen molar-refractivity contribution in [1.82, 2.24) is 19.6 Å². The van der Waals surface area contributed by atoms with Crippen molar-refractivity contribution in [2.45, 2.75) is 12.5 Å². The van der Waals surface area contributed by atoms with Crippen molar-refractivity contribution in [2.75, 3.05) is 21.3 Å². The maximum atomic E-state index is 10.1. The van der Waals surface area contributed by atoms with Crippen LogP contribution in [0, 0.1) is 0 Å². The van der Waals surface area contributed by atoms with Gasteiger partial charge in [-0.15, -0.1) is 5.10 Å². The predicted molar refractivity (Wildman–Crippen MR) is 145 cm³/mol. The van der Waals surface area contributed by atoms with E-state index in [0.29, 0.717) is 40.2 Å². The molecule has 1 aliphatic heterocycles. The second kappa shape index (κ2) is 10.4. The van der Waals surface area contributed by atoms with Crippen molar-refractivity contribution in [3.63, 3.8) is 0 Å². The number of benzene rings is 3. The second-order valence-electron chi connectivity index (χ2n) is 8.91. The molecule has 3 heterocycles. The minimum atomic E-state index is -0.346. The van der Waals surface area contributed by atoms with E-state index in [4.69, 9.17) is 28.8 Å². The first kappa shape index (κ1) is 25.0. The molecule has 11 heteroatoms. The third-order valence-electron chi connectivity index (χ3n) is 6.56. The minimum Gasteiger partial charge on any atom is -0.508 e. The Morgan fingerprint density at radius 2 is 1.80 bits per heavy atom. The summed E-state index contributed by atoms with van der Waals surface area (Å²) in [6.45, 7) is 0.0510. The Labute approximate surface area is 229 Å². The molecule has 202 valence electrons. The molecule has 0 bridgehead atoms. The van der Waals surface area contributed by atoms with E-state index in [-0.39, 0.29) is 18.3 Å². The van der Waals surface area contributed by atoms with Gasteiger partial charge in [-0.25, -0.2) is 14.5 Å². The van der Waals surface area contributed by atoms with Gasteiger partial charge < -0.3 is 28.9 Å². The molecule has 0 unspecified atom stereocenters. The van der Waals surface area contributed by atoms with E-state index in [2.05, 4.69) is 15.2 Å². The average molecular weight is 540 g/mol. The molecule has 1 N–H and O–H groups in total. The van der Waals surface area contributed by atoms with Crippen LogP contribution < -0.4 is 18.9 Å². The van der Waals surface area contributed by atoms with Gasteiger partial charge in [0.25, 0.3) is 0 Å². The minimum absolute atomic E-state index is 0.0510. The van der Waals surface area contributed by atoms with E-state index in [1.807, 2.05) is 48.5 Å². The van der Waals surface area contributed by atoms with E-state index < -0.39 is 0 Å². The van der Waals surface area contributed by atoms with E-state index in [9.17, 15) is 5.11 Å². The lowest BCUT2D eigenvalue weighted by molar-refractivity contribution is 0.126. The predicted octanol–water partition coefficient (Wildman–Crippen LogP) is 4.69. The zero-order chi connectivity index (χ0) is 27.6. The summed E-state index contributed by atoms with van der Waals surface area (Å²) in [5.74, 6) is 2.98. The van der Waals surface area contributed by atoms with Crippen LogP contribution in [0.1, 0.15) is 34.0 Å². The fourth-order valence-corrected chi connectivity index (χ4v) is 4.67. The van der Waals surface area contributed by atoms with Crippen LogP contribution >= 0.6 is 0 Å². The van der Waals surface area contributed by atoms with Crippen molar-refractivity contribution >= 4 is 11.9 Å². The monoisotopic (exact) mass is 539 g/mol. The smallest absolute Gasteiger partial charge is 0.228 e. The Balaban J connectivity index is 1.36. The lowest BCUT2D eigenvalue weighted by Gasteiger charge is -2.28. The lowest BCUT2D eigenvalue weighted by Crippen LogP contribution is -2.15. The Kier molecular flexibility index (Phi) is 6.52. The van der Waals surface area contributed by atoms with Gasteiger partial charge in [-0.1, -0.05) is 17.3 Å². The van der Waals surface area contributed by atoms with E-state index in [1.165, 1.54) is 6.33 Å². The standard InChI is InChI=1S/C29H25N5O6/c1-36-20-8-4-17(5-9-20)14-31-39-15-25-32-28-27-26(18-6-11-22(37-2)24(12-18)38-3)21-10-7-19(35)13-23(21)40-29(27)30-16-34(28)33-25/h4-14,16,26,35H,15H2,1-3H3/b31-14+/t26-/m1/s1. The zero-order valence-corrected chi connectivity index (χ0v) is 21.9. The number of methoxy groups -OCH3 is 3. The zero-order valence-electron chi connectivity index (χ0n) is 21.9. The molecule has 2 aromatic heterocycles. The number of phenols is 1. The first-order valence-corrected chi connectivity index (χ1v) is 12.3. The van der Waals surface area contributed by atoms with Crippen LogP contribution in [0.3, 0.4) is 0 Å². The summed E-state index contributed by atoms with van der Waals surface area (Å²) in [6, 6.07) is 18.2. The topological polar surface area (TPSA) is 122 Å². The Bertz CT molecular complexity index is 1720. The molecular weight excluding hydrogens is 514 g/mol. The molecule has 0 amide bonds. The Morgan fingerprint density at radius 1 is 0.975 bits per heavy atom. The first-order chi connectivity index (χ1) is 19.6. The SMILES string of the molecule is COc1ccc(/C=N/OCc2nc3c4c(ncn3n2)Oc2cc(O)ccc2[C@H]4c2ccc(OC)c(OC)c2)cc1. The largest absolute Gasteiger partial charge is 0.508 e. The number of oxime groups is 1. The summed E-state index contributed by atoms with van der Waals surface area (Å²) >= 11 is 0. The molecule has 3 aromatic carbocycles. The van der Waals surface area contributed by atoms with Gasteiger partial charge in [0.15, 0.2) is 29.6 Å². The van der Waals surface area contributed by atoms with E-state index >= 15 is 0 Å². The normalized spacial score (nSPS) is 13.9. The molecular formula is C29H25N5O6. The number of hydrogen-bond donors (Lipinski definition) is 1. The van der Waals surface area contributed by atoms with Gasteiger partial charge in [0.05, 0.1) is 33.1 Å². The number of aromatic hydroxyl groups is 1. The van der Waals surface area contributed by atoms with Crippen molar-refractivity contribution in [3.8, 4) is 34.6 Å². The molecule has 5 aromatic rings. The summed E-state index contributed by atoms with van der Waals surface area (Å²) in [4.78, 5) is 14.7. The molecule has 0 spiro atoms. The maximum Gasteiger partial charge on any atom is 0.228 e. The maximum absolute atomic E-state index is 10.1. The average Bonchev–Trinajstić information content (AvgIpc) is 3.41. The van der Waals surface area contributed by atoms with Crippen molar-refractivity contribution in [1.29, 1.82) is 0 Å². The third kappa shape index (κ3) is 4.57. The number of rotatable bonds is 8. The summed E-state index contributed by atoms with van der Waals surface area (Å²) < 4.78 is 23.9. The molecule has 6 rings (SSSR count). The third-order valence-corrected chi connectivity index (χ3v) is 6.56. The fraction of sp³-hybridized carbons (Fsp3) is 0.172. The summed E-state index contributed by atoms with van der Waals surface area (Å²) in [5.41, 5.74) is 3.86. The number of hydrogen-bond acceptors (Lipinski definition) is 10. The van der Waals surface area contributed by atoms with Gasteiger partial charge in [0.2, 0.25) is 5.88 Å². The van der Waals surface area contributed by atoms with Gasteiger partial charge in [-0.3, -0.25) is 0 Å². The first-order valence-electron chi connectivity index (χ1n) is 12.3. The van der Waals surface area contributed by atoms with Gasteiger partial charge in [0, 0.05) is 17.5 Å². The second-order valence-corrected chi connectivity index (χ2v) is 8.91. The number of nitrogens with zero attached hydrogens (tertiary/aromatic N) is 5. The summed E-state index contributed by atoms with van der Waals surface area (Å²) in [5, 5.41) is 18.7. The number of ether oxygens (including phenoxy) is 4. The molecule has 0 radical (unpaired) electrons. The molecule has 0 fully saturated rings. The lowest BCUT2D eigenvalue weighted by atomic mass is 9.83. The van der Waals surface area contributed by atoms with E-state index in [0.717, 1.165) is 22.4 Å². The molecule has 11 nitrogen and oxygen atoms in total. The van der Waals surface area contributed by atoms with Crippen LogP contribution in [-0.2, 0) is 11.4 Å². The highest BCUT2D eigenvalue weighted by Crippen LogP contribution is 2.49. The van der Waals surface area contributed by atoms with Gasteiger partial charge >= 0.3 is 0 Å². The van der Waals surface area contributed by atoms with Crippen LogP contribution in [-0.4, -0.2) is 52.2 Å². The molecule has 40 heavy (non-hydrogen) atoms. The van der Waals surface area contributed by atoms with Crippen LogP contribution in [0.5, 0.6) is 34.6 Å². The highest BCUT2D eigenvalue weighted by Gasteiger charge is 2.34.